The van der Waals surface area contributed by atoms with Crippen molar-refractivity contribution in [1.82, 2.24) is 18.6 Å². The molecule has 1 fully saturated rings. The van der Waals surface area contributed by atoms with Crippen LogP contribution in [-0.2, 0) is 18.4 Å². The Morgan fingerprint density at radius 2 is 1.61 bits per heavy atom. The molecule has 10 heteroatoms. The maximum atomic E-state index is 14.0. The number of likely N-dealkylation sites (tertiary alicyclic amines) is 1. The summed E-state index contributed by atoms with van der Waals surface area (Å²) in [5.41, 5.74) is 0.671. The topological polar surface area (TPSA) is 96.9 Å². The Labute approximate surface area is 206 Å². The van der Waals surface area contributed by atoms with Gasteiger partial charge in [-0.1, -0.05) is 0 Å². The van der Waals surface area contributed by atoms with Crippen molar-refractivity contribution in [3.8, 4) is 22.9 Å². The van der Waals surface area contributed by atoms with Crippen molar-refractivity contribution in [1.29, 1.82) is 0 Å². The number of carbonyl (C=O) groups is 1. The van der Waals surface area contributed by atoms with Gasteiger partial charge in [-0.3, -0.25) is 14.2 Å². The van der Waals surface area contributed by atoms with Gasteiger partial charge in [-0.25, -0.2) is 9.36 Å². The van der Waals surface area contributed by atoms with E-state index in [9.17, 15) is 14.4 Å². The zero-order chi connectivity index (χ0) is 25.6. The summed E-state index contributed by atoms with van der Waals surface area (Å²) in [6, 6.07) is 10.3. The normalized spacial score (nSPS) is 13.5. The Kier molecular flexibility index (Phi) is 5.95. The third-order valence-corrected chi connectivity index (χ3v) is 6.86. The van der Waals surface area contributed by atoms with E-state index in [0.29, 0.717) is 52.4 Å². The van der Waals surface area contributed by atoms with Crippen LogP contribution in [0.4, 0.5) is 0 Å². The summed E-state index contributed by atoms with van der Waals surface area (Å²) in [5.74, 6) is 1.27. The molecule has 4 aromatic rings. The summed E-state index contributed by atoms with van der Waals surface area (Å²) < 4.78 is 20.3. The van der Waals surface area contributed by atoms with Crippen molar-refractivity contribution in [3.63, 3.8) is 0 Å². The Hall–Kier alpha value is -4.21. The number of aromatic nitrogens is 3. The molecule has 1 aliphatic rings. The van der Waals surface area contributed by atoms with E-state index in [1.54, 1.807) is 54.0 Å². The molecule has 1 saturated heterocycles. The van der Waals surface area contributed by atoms with Gasteiger partial charge in [-0.2, -0.15) is 0 Å². The molecule has 1 aliphatic heterocycles. The van der Waals surface area contributed by atoms with Crippen LogP contribution >= 0.6 is 0 Å². The predicted octanol–water partition coefficient (Wildman–Crippen LogP) is 2.29. The largest absolute Gasteiger partial charge is 0.497 e. The van der Waals surface area contributed by atoms with Crippen molar-refractivity contribution in [2.75, 3.05) is 34.4 Å². The first-order chi connectivity index (χ1) is 17.4. The van der Waals surface area contributed by atoms with Crippen LogP contribution in [0.3, 0.4) is 0 Å². The summed E-state index contributed by atoms with van der Waals surface area (Å²) in [6.07, 6.45) is 1.87. The second kappa shape index (κ2) is 9.10. The molecular formula is C26H28N4O6. The first-order valence-corrected chi connectivity index (χ1v) is 11.7. The molecular weight excluding hydrogens is 464 g/mol. The van der Waals surface area contributed by atoms with Crippen molar-refractivity contribution in [2.45, 2.75) is 19.4 Å². The highest BCUT2D eigenvalue weighted by atomic mass is 16.5. The minimum absolute atomic E-state index is 0.159. The molecule has 0 saturated carbocycles. The average molecular weight is 493 g/mol. The van der Waals surface area contributed by atoms with Gasteiger partial charge in [0.05, 0.1) is 38.1 Å². The molecule has 0 aliphatic carbocycles. The smallest absolute Gasteiger partial charge is 0.336 e. The SMILES string of the molecule is COc1ccc2c(c1)c1c(c(=O)n(-c3ccc(OC)c(OC)c3)c(=O)n1CC(=O)N1CCCC1)n2C. The van der Waals surface area contributed by atoms with E-state index in [4.69, 9.17) is 14.2 Å². The van der Waals surface area contributed by atoms with Crippen LogP contribution < -0.4 is 25.5 Å². The summed E-state index contributed by atoms with van der Waals surface area (Å²) in [7, 11) is 6.32. The second-order valence-electron chi connectivity index (χ2n) is 8.78. The van der Waals surface area contributed by atoms with Gasteiger partial charge in [0.25, 0.3) is 5.56 Å². The molecule has 0 unspecified atom stereocenters. The van der Waals surface area contributed by atoms with Gasteiger partial charge in [-0.05, 0) is 43.2 Å². The lowest BCUT2D eigenvalue weighted by atomic mass is 10.2. The van der Waals surface area contributed by atoms with E-state index in [0.717, 1.165) is 22.9 Å². The first kappa shape index (κ1) is 23.5. The molecule has 0 radical (unpaired) electrons. The number of carbonyl (C=O) groups excluding carboxylic acids is 1. The van der Waals surface area contributed by atoms with E-state index in [1.807, 2.05) is 6.07 Å². The van der Waals surface area contributed by atoms with Gasteiger partial charge in [0.1, 0.15) is 17.8 Å². The molecule has 1 amide bonds. The fourth-order valence-electron chi connectivity index (χ4n) is 5.00. The Morgan fingerprint density at radius 3 is 2.28 bits per heavy atom. The van der Waals surface area contributed by atoms with Gasteiger partial charge in [-0.15, -0.1) is 0 Å². The number of rotatable bonds is 6. The van der Waals surface area contributed by atoms with Crippen molar-refractivity contribution < 1.29 is 19.0 Å². The standard InChI is InChI=1S/C26H28N4O6/c1-27-19-9-8-17(34-2)14-18(19)23-24(27)25(32)30(16-7-10-20(35-3)21(13-16)36-4)26(33)29(23)15-22(31)28-11-5-6-12-28/h7-10,13-14H,5-6,11-12,15H2,1-4H3. The Balaban J connectivity index is 1.85. The molecule has 36 heavy (non-hydrogen) atoms. The molecule has 0 bridgehead atoms. The first-order valence-electron chi connectivity index (χ1n) is 11.7. The molecule has 2 aromatic carbocycles. The number of fused-ring (bicyclic) bond motifs is 3. The van der Waals surface area contributed by atoms with E-state index in [2.05, 4.69) is 0 Å². The Morgan fingerprint density at radius 1 is 0.889 bits per heavy atom. The minimum atomic E-state index is -0.609. The maximum absolute atomic E-state index is 14.0. The second-order valence-corrected chi connectivity index (χ2v) is 8.78. The fraction of sp³-hybridized carbons (Fsp3) is 0.346. The van der Waals surface area contributed by atoms with Crippen LogP contribution in [0.2, 0.25) is 0 Å². The molecule has 10 nitrogen and oxygen atoms in total. The lowest BCUT2D eigenvalue weighted by molar-refractivity contribution is -0.130. The molecule has 0 atom stereocenters. The summed E-state index contributed by atoms with van der Waals surface area (Å²) in [6.45, 7) is 1.14. The van der Waals surface area contributed by atoms with E-state index in [-0.39, 0.29) is 12.5 Å². The average Bonchev–Trinajstić information content (AvgIpc) is 3.53. The highest BCUT2D eigenvalue weighted by Crippen LogP contribution is 2.31. The molecule has 188 valence electrons. The van der Waals surface area contributed by atoms with Crippen molar-refractivity contribution in [2.24, 2.45) is 7.05 Å². The van der Waals surface area contributed by atoms with E-state index >= 15 is 0 Å². The number of aryl methyl sites for hydroxylation is 1. The fourth-order valence-corrected chi connectivity index (χ4v) is 5.00. The number of benzene rings is 2. The summed E-state index contributed by atoms with van der Waals surface area (Å²) >= 11 is 0. The Bertz CT molecular complexity index is 1610. The zero-order valence-electron chi connectivity index (χ0n) is 20.7. The van der Waals surface area contributed by atoms with Crippen LogP contribution in [0.5, 0.6) is 17.2 Å². The molecule has 3 heterocycles. The number of amides is 1. The van der Waals surface area contributed by atoms with Gasteiger partial charge in [0.2, 0.25) is 5.91 Å². The maximum Gasteiger partial charge on any atom is 0.336 e. The zero-order valence-corrected chi connectivity index (χ0v) is 20.7. The van der Waals surface area contributed by atoms with Gasteiger partial charge < -0.3 is 23.7 Å². The van der Waals surface area contributed by atoms with Crippen LogP contribution in [0.15, 0.2) is 46.0 Å². The molecule has 5 rings (SSSR count). The highest BCUT2D eigenvalue weighted by Gasteiger charge is 2.25. The van der Waals surface area contributed by atoms with Crippen LogP contribution in [0.25, 0.3) is 27.6 Å². The van der Waals surface area contributed by atoms with Crippen LogP contribution in [0, 0.1) is 0 Å². The van der Waals surface area contributed by atoms with Crippen molar-refractivity contribution >= 4 is 27.8 Å². The number of methoxy groups -OCH3 is 3. The molecule has 2 aromatic heterocycles. The van der Waals surface area contributed by atoms with Crippen LogP contribution in [-0.4, -0.2) is 58.9 Å². The van der Waals surface area contributed by atoms with Gasteiger partial charge >= 0.3 is 5.69 Å². The predicted molar refractivity (Wildman–Crippen MR) is 136 cm³/mol. The lowest BCUT2D eigenvalue weighted by Gasteiger charge is -2.18. The summed E-state index contributed by atoms with van der Waals surface area (Å²) in [4.78, 5) is 42.8. The molecule has 0 N–H and O–H groups in total. The third kappa shape index (κ3) is 3.60. The number of ether oxygens (including phenoxy) is 3. The molecule has 0 spiro atoms. The number of hydrogen-bond donors (Lipinski definition) is 0. The van der Waals surface area contributed by atoms with Crippen molar-refractivity contribution in [3.05, 3.63) is 57.2 Å². The number of hydrogen-bond acceptors (Lipinski definition) is 6. The monoisotopic (exact) mass is 492 g/mol. The third-order valence-electron chi connectivity index (χ3n) is 6.86. The van der Waals surface area contributed by atoms with Gasteiger partial charge in [0.15, 0.2) is 11.5 Å². The van der Waals surface area contributed by atoms with Gasteiger partial charge in [0, 0.05) is 31.6 Å². The number of nitrogens with zero attached hydrogens (tertiary/aromatic N) is 4. The lowest BCUT2D eigenvalue weighted by Crippen LogP contribution is -2.42. The van der Waals surface area contributed by atoms with E-state index in [1.165, 1.54) is 18.8 Å². The quantitative estimate of drug-likeness (QED) is 0.410. The van der Waals surface area contributed by atoms with Crippen LogP contribution in [0.1, 0.15) is 12.8 Å². The summed E-state index contributed by atoms with van der Waals surface area (Å²) in [5, 5.41) is 0.662. The van der Waals surface area contributed by atoms with E-state index < -0.39 is 11.2 Å². The minimum Gasteiger partial charge on any atom is -0.497 e. The highest BCUT2D eigenvalue weighted by molar-refractivity contribution is 6.06.